The first-order valence-electron chi connectivity index (χ1n) is 8.39. The number of carbonyl (C=O) groups is 1. The minimum Gasteiger partial charge on any atom is -0.479 e. The van der Waals surface area contributed by atoms with Crippen LogP contribution >= 0.6 is 30.8 Å². The van der Waals surface area contributed by atoms with Crippen molar-refractivity contribution < 1.29 is 41.1 Å². The minimum atomic E-state index is -4.55. The van der Waals surface area contributed by atoms with Crippen molar-refractivity contribution in [2.75, 3.05) is 31.8 Å². The summed E-state index contributed by atoms with van der Waals surface area (Å²) in [6.45, 7) is 0. The van der Waals surface area contributed by atoms with Gasteiger partial charge in [0.15, 0.2) is 6.35 Å². The van der Waals surface area contributed by atoms with Gasteiger partial charge in [0.05, 0.1) is 16.3 Å². The summed E-state index contributed by atoms with van der Waals surface area (Å²) in [4.78, 5) is 11.6. The van der Waals surface area contributed by atoms with E-state index in [1.807, 2.05) is 0 Å². The molecule has 0 spiro atoms. The summed E-state index contributed by atoms with van der Waals surface area (Å²) in [5.74, 6) is -0.767. The summed E-state index contributed by atoms with van der Waals surface area (Å²) in [5, 5.41) is 2.22. The second-order valence-electron chi connectivity index (χ2n) is 5.83. The average Bonchev–Trinajstić information content (AvgIpc) is 2.73. The van der Waals surface area contributed by atoms with E-state index in [-0.39, 0.29) is 33.8 Å². The van der Waals surface area contributed by atoms with Crippen LogP contribution in [-0.2, 0) is 24.6 Å². The maximum atomic E-state index is 12.8. The molecule has 0 aliphatic heterocycles. The molecule has 0 aromatic heterocycles. The molecule has 7 nitrogen and oxygen atoms in total. The Morgan fingerprint density at radius 3 is 2.32 bits per heavy atom. The molecule has 0 saturated heterocycles. The van der Waals surface area contributed by atoms with E-state index < -0.39 is 31.6 Å². The fraction of sp³-hybridized carbons (Fsp3) is 0.278. The molecule has 0 radical (unpaired) electrons. The Morgan fingerprint density at radius 2 is 1.77 bits per heavy atom. The largest absolute Gasteiger partial charge is 0.479 e. The molecule has 1 N–H and O–H groups in total. The van der Waals surface area contributed by atoms with Crippen molar-refractivity contribution in [3.8, 4) is 17.2 Å². The highest BCUT2D eigenvalue weighted by Crippen LogP contribution is 2.47. The first-order chi connectivity index (χ1) is 14.5. The molecule has 0 aliphatic rings. The molecule has 2 rings (SSSR count). The number of rotatable bonds is 9. The Hall–Kier alpha value is -1.97. The van der Waals surface area contributed by atoms with Crippen molar-refractivity contribution >= 4 is 42.4 Å². The van der Waals surface area contributed by atoms with Gasteiger partial charge in [0.1, 0.15) is 23.1 Å². The first-order valence-corrected chi connectivity index (χ1v) is 11.0. The Bertz CT molecular complexity index is 981. The standard InChI is InChI=1S/C18H17Cl2F3NO6P/c1-27-31(26,28-2)10-29-16-8-12(4-5-14(16)24-17(25)9-19)30-15-6-3-11(7-13(15)20)18(21,22)23/h3-8H,9-10H2,1-2H3,(H,24,25). The lowest BCUT2D eigenvalue weighted by molar-refractivity contribution is -0.137. The lowest BCUT2D eigenvalue weighted by atomic mass is 10.2. The lowest BCUT2D eigenvalue weighted by Gasteiger charge is -2.18. The van der Waals surface area contributed by atoms with Gasteiger partial charge in [-0.05, 0) is 30.3 Å². The van der Waals surface area contributed by atoms with Crippen molar-refractivity contribution in [2.24, 2.45) is 0 Å². The monoisotopic (exact) mass is 501 g/mol. The fourth-order valence-corrected chi connectivity index (χ4v) is 3.13. The predicted molar refractivity (Wildman–Crippen MR) is 109 cm³/mol. The van der Waals surface area contributed by atoms with E-state index >= 15 is 0 Å². The number of alkyl halides is 4. The van der Waals surface area contributed by atoms with Gasteiger partial charge in [-0.15, -0.1) is 11.6 Å². The molecule has 0 fully saturated rings. The van der Waals surface area contributed by atoms with Crippen molar-refractivity contribution in [1.29, 1.82) is 0 Å². The van der Waals surface area contributed by atoms with Crippen molar-refractivity contribution in [3.05, 3.63) is 47.0 Å². The number of hydrogen-bond acceptors (Lipinski definition) is 6. The van der Waals surface area contributed by atoms with Crippen LogP contribution in [0.3, 0.4) is 0 Å². The van der Waals surface area contributed by atoms with Crippen molar-refractivity contribution in [2.45, 2.75) is 6.18 Å². The van der Waals surface area contributed by atoms with Crippen LogP contribution in [0.25, 0.3) is 0 Å². The summed E-state index contributed by atoms with van der Waals surface area (Å²) in [6, 6.07) is 6.75. The van der Waals surface area contributed by atoms with Crippen molar-refractivity contribution in [1.82, 2.24) is 0 Å². The molecule has 0 unspecified atom stereocenters. The number of amides is 1. The summed E-state index contributed by atoms with van der Waals surface area (Å²) in [6.07, 6.45) is -5.05. The maximum Gasteiger partial charge on any atom is 0.416 e. The van der Waals surface area contributed by atoms with Crippen molar-refractivity contribution in [3.63, 3.8) is 0 Å². The van der Waals surface area contributed by atoms with E-state index in [1.54, 1.807) is 0 Å². The summed E-state index contributed by atoms with van der Waals surface area (Å²) < 4.78 is 71.2. The summed E-state index contributed by atoms with van der Waals surface area (Å²) >= 11 is 11.4. The predicted octanol–water partition coefficient (Wildman–Crippen LogP) is 6.15. The third-order valence-electron chi connectivity index (χ3n) is 3.77. The zero-order chi connectivity index (χ0) is 23.2. The summed E-state index contributed by atoms with van der Waals surface area (Å²) in [5.41, 5.74) is -0.752. The van der Waals surface area contributed by atoms with Gasteiger partial charge in [0.2, 0.25) is 5.91 Å². The number of nitrogens with one attached hydrogen (secondary N) is 1. The van der Waals surface area contributed by atoms with Gasteiger partial charge >= 0.3 is 13.8 Å². The molecule has 31 heavy (non-hydrogen) atoms. The quantitative estimate of drug-likeness (QED) is 0.327. The van der Waals surface area contributed by atoms with E-state index in [0.29, 0.717) is 0 Å². The number of ether oxygens (including phenoxy) is 2. The molecule has 2 aromatic carbocycles. The highest BCUT2D eigenvalue weighted by atomic mass is 35.5. The van der Waals surface area contributed by atoms with E-state index in [0.717, 1.165) is 18.2 Å². The van der Waals surface area contributed by atoms with Crippen LogP contribution in [0, 0.1) is 0 Å². The second-order valence-corrected chi connectivity index (χ2v) is 8.72. The van der Waals surface area contributed by atoms with Crippen LogP contribution in [0.1, 0.15) is 5.56 Å². The van der Waals surface area contributed by atoms with Gasteiger partial charge in [0, 0.05) is 20.3 Å². The molecule has 0 saturated carbocycles. The van der Waals surface area contributed by atoms with Crippen LogP contribution in [0.4, 0.5) is 18.9 Å². The highest BCUT2D eigenvalue weighted by Gasteiger charge is 2.31. The van der Waals surface area contributed by atoms with Gasteiger partial charge in [-0.3, -0.25) is 9.36 Å². The smallest absolute Gasteiger partial charge is 0.416 e. The van der Waals surface area contributed by atoms with Crippen LogP contribution < -0.4 is 14.8 Å². The topological polar surface area (TPSA) is 83.1 Å². The Balaban J connectivity index is 2.32. The Labute approximate surface area is 185 Å². The third-order valence-corrected chi connectivity index (χ3v) is 5.87. The second kappa shape index (κ2) is 10.6. The fourth-order valence-electron chi connectivity index (χ4n) is 2.19. The van der Waals surface area contributed by atoms with Crippen LogP contribution in [0.5, 0.6) is 17.2 Å². The molecule has 170 valence electrons. The Morgan fingerprint density at radius 1 is 1.10 bits per heavy atom. The zero-order valence-corrected chi connectivity index (χ0v) is 18.6. The Kier molecular flexibility index (Phi) is 8.62. The average molecular weight is 502 g/mol. The molecular formula is C18H17Cl2F3NO6P. The SMILES string of the molecule is COP(=O)(COc1cc(Oc2ccc(C(F)(F)F)cc2Cl)ccc1NC(=O)CCl)OC. The van der Waals surface area contributed by atoms with Gasteiger partial charge < -0.3 is 23.8 Å². The van der Waals surface area contributed by atoms with E-state index in [9.17, 15) is 22.5 Å². The molecule has 0 atom stereocenters. The number of hydrogen-bond donors (Lipinski definition) is 1. The molecule has 13 heteroatoms. The number of carbonyl (C=O) groups excluding carboxylic acids is 1. The molecule has 2 aromatic rings. The van der Waals surface area contributed by atoms with Crippen LogP contribution in [-0.4, -0.2) is 32.4 Å². The van der Waals surface area contributed by atoms with Crippen LogP contribution in [0.2, 0.25) is 5.02 Å². The third kappa shape index (κ3) is 7.02. The minimum absolute atomic E-state index is 0.0216. The molecular weight excluding hydrogens is 485 g/mol. The zero-order valence-electron chi connectivity index (χ0n) is 16.2. The lowest BCUT2D eigenvalue weighted by Crippen LogP contribution is -2.14. The first kappa shape index (κ1) is 25.3. The van der Waals surface area contributed by atoms with Crippen LogP contribution in [0.15, 0.2) is 36.4 Å². The molecule has 0 heterocycles. The van der Waals surface area contributed by atoms with Gasteiger partial charge in [-0.1, -0.05) is 11.6 Å². The summed E-state index contributed by atoms with van der Waals surface area (Å²) in [7, 11) is -1.19. The normalized spacial score (nSPS) is 11.8. The van der Waals surface area contributed by atoms with E-state index in [1.165, 1.54) is 32.4 Å². The van der Waals surface area contributed by atoms with Gasteiger partial charge in [-0.2, -0.15) is 13.2 Å². The number of halogens is 5. The number of benzene rings is 2. The van der Waals surface area contributed by atoms with Gasteiger partial charge in [-0.25, -0.2) is 0 Å². The molecule has 0 aliphatic carbocycles. The van der Waals surface area contributed by atoms with Gasteiger partial charge in [0.25, 0.3) is 0 Å². The van der Waals surface area contributed by atoms with E-state index in [4.69, 9.17) is 41.7 Å². The maximum absolute atomic E-state index is 12.8. The highest BCUT2D eigenvalue weighted by molar-refractivity contribution is 7.53. The number of anilines is 1. The van der Waals surface area contributed by atoms with E-state index in [2.05, 4.69) is 5.32 Å². The molecule has 1 amide bonds. The molecule has 0 bridgehead atoms.